The van der Waals surface area contributed by atoms with Crippen LogP contribution in [-0.2, 0) is 11.2 Å². The highest BCUT2D eigenvalue weighted by Crippen LogP contribution is 2.27. The zero-order valence-corrected chi connectivity index (χ0v) is 14.4. The van der Waals surface area contributed by atoms with Crippen molar-refractivity contribution < 1.29 is 19.0 Å². The van der Waals surface area contributed by atoms with Crippen LogP contribution in [0.25, 0.3) is 0 Å². The molecule has 130 valence electrons. The lowest BCUT2D eigenvalue weighted by Crippen LogP contribution is -2.23. The molecule has 0 unspecified atom stereocenters. The Morgan fingerprint density at radius 2 is 1.68 bits per heavy atom. The van der Waals surface area contributed by atoms with E-state index in [0.29, 0.717) is 22.9 Å². The van der Waals surface area contributed by atoms with Gasteiger partial charge in [0.2, 0.25) is 5.91 Å². The first kappa shape index (κ1) is 18.1. The number of rotatable bonds is 7. The topological polar surface area (TPSA) is 80.6 Å². The third-order valence-corrected chi connectivity index (χ3v) is 3.74. The maximum atomic E-state index is 12.4. The zero-order chi connectivity index (χ0) is 18.2. The van der Waals surface area contributed by atoms with E-state index in [1.165, 1.54) is 0 Å². The Hall–Kier alpha value is -3.20. The number of nitrogens with zero attached hydrogens (tertiary/aromatic N) is 1. The minimum atomic E-state index is -0.858. The number of nitrogens with one attached hydrogen (secondary N) is 1. The van der Waals surface area contributed by atoms with E-state index in [-0.39, 0.29) is 12.3 Å². The van der Waals surface area contributed by atoms with Crippen LogP contribution >= 0.6 is 0 Å². The Morgan fingerprint density at radius 1 is 1.04 bits per heavy atom. The van der Waals surface area contributed by atoms with Gasteiger partial charge in [-0.05, 0) is 48.0 Å². The normalized spacial score (nSPS) is 11.1. The molecule has 25 heavy (non-hydrogen) atoms. The monoisotopic (exact) mass is 340 g/mol. The summed E-state index contributed by atoms with van der Waals surface area (Å²) in [5.74, 6) is 0.706. The minimum Gasteiger partial charge on any atom is -0.497 e. The molecule has 1 N–H and O–H groups in total. The molecule has 2 rings (SSSR count). The van der Waals surface area contributed by atoms with E-state index >= 15 is 0 Å². The van der Waals surface area contributed by atoms with Crippen LogP contribution in [0.3, 0.4) is 0 Å². The average molecular weight is 340 g/mol. The van der Waals surface area contributed by atoms with Crippen molar-refractivity contribution in [3.63, 3.8) is 0 Å². The van der Waals surface area contributed by atoms with Crippen LogP contribution < -0.4 is 19.5 Å². The van der Waals surface area contributed by atoms with E-state index in [0.717, 1.165) is 5.56 Å². The summed E-state index contributed by atoms with van der Waals surface area (Å²) < 4.78 is 15.6. The zero-order valence-electron chi connectivity index (χ0n) is 14.4. The summed E-state index contributed by atoms with van der Waals surface area (Å²) >= 11 is 0. The van der Waals surface area contributed by atoms with Crippen LogP contribution in [0.15, 0.2) is 42.5 Å². The lowest BCUT2D eigenvalue weighted by molar-refractivity contribution is -0.118. The van der Waals surface area contributed by atoms with E-state index in [2.05, 4.69) is 5.32 Å². The number of hydrogen-bond acceptors (Lipinski definition) is 5. The van der Waals surface area contributed by atoms with Gasteiger partial charge in [-0.2, -0.15) is 5.26 Å². The highest BCUT2D eigenvalue weighted by Gasteiger charge is 2.21. The molecule has 0 aromatic heterocycles. The van der Waals surface area contributed by atoms with Gasteiger partial charge in [0.25, 0.3) is 0 Å². The van der Waals surface area contributed by atoms with Gasteiger partial charge in [0, 0.05) is 12.1 Å². The summed E-state index contributed by atoms with van der Waals surface area (Å²) in [5.41, 5.74) is 1.34. The number of amides is 1. The van der Waals surface area contributed by atoms with Gasteiger partial charge in [-0.3, -0.25) is 4.79 Å². The second kappa shape index (κ2) is 8.60. The van der Waals surface area contributed by atoms with Crippen molar-refractivity contribution in [1.29, 1.82) is 5.26 Å². The lowest BCUT2D eigenvalue weighted by Gasteiger charge is -2.14. The number of ether oxygens (including phenoxy) is 3. The molecule has 1 atom stereocenters. The van der Waals surface area contributed by atoms with Crippen molar-refractivity contribution in [1.82, 2.24) is 0 Å². The maximum Gasteiger partial charge on any atom is 0.242 e. The van der Waals surface area contributed by atoms with E-state index in [4.69, 9.17) is 14.2 Å². The quantitative estimate of drug-likeness (QED) is 0.838. The smallest absolute Gasteiger partial charge is 0.242 e. The largest absolute Gasteiger partial charge is 0.497 e. The lowest BCUT2D eigenvalue weighted by atomic mass is 9.98. The molecule has 0 saturated carbocycles. The number of hydrogen-bond donors (Lipinski definition) is 1. The minimum absolute atomic E-state index is 0.221. The molecule has 0 aliphatic heterocycles. The Kier molecular flexibility index (Phi) is 6.24. The molecule has 0 heterocycles. The molecule has 1 amide bonds. The second-order valence-electron chi connectivity index (χ2n) is 5.28. The number of carbonyl (C=O) groups is 1. The van der Waals surface area contributed by atoms with Crippen LogP contribution in [0.2, 0.25) is 0 Å². The van der Waals surface area contributed by atoms with Crippen molar-refractivity contribution in [2.45, 2.75) is 6.42 Å². The van der Waals surface area contributed by atoms with Crippen molar-refractivity contribution in [2.75, 3.05) is 26.6 Å². The molecule has 2 aromatic carbocycles. The summed E-state index contributed by atoms with van der Waals surface area (Å²) in [5, 5.41) is 12.1. The Bertz CT molecular complexity index is 766. The number of benzene rings is 2. The SMILES string of the molecule is COc1ccc(NC(=O)[C@H](C#N)Cc2cc(OC)ccc2OC)cc1. The molecule has 0 saturated heterocycles. The van der Waals surface area contributed by atoms with E-state index in [9.17, 15) is 10.1 Å². The predicted octanol–water partition coefficient (Wildman–Crippen LogP) is 3.03. The average Bonchev–Trinajstić information content (AvgIpc) is 2.66. The molecule has 0 aliphatic carbocycles. The van der Waals surface area contributed by atoms with Crippen LogP contribution in [0.5, 0.6) is 17.2 Å². The van der Waals surface area contributed by atoms with Gasteiger partial charge in [-0.15, -0.1) is 0 Å². The number of carbonyl (C=O) groups excluding carboxylic acids is 1. The maximum absolute atomic E-state index is 12.4. The van der Waals surface area contributed by atoms with Crippen molar-refractivity contribution in [2.24, 2.45) is 5.92 Å². The first-order valence-corrected chi connectivity index (χ1v) is 7.66. The fourth-order valence-corrected chi connectivity index (χ4v) is 2.36. The highest BCUT2D eigenvalue weighted by atomic mass is 16.5. The molecule has 6 heteroatoms. The molecule has 0 fully saturated rings. The highest BCUT2D eigenvalue weighted by molar-refractivity contribution is 5.94. The van der Waals surface area contributed by atoms with E-state index in [1.807, 2.05) is 6.07 Å². The third-order valence-electron chi connectivity index (χ3n) is 3.74. The molecule has 6 nitrogen and oxygen atoms in total. The van der Waals surface area contributed by atoms with Gasteiger partial charge in [-0.25, -0.2) is 0 Å². The molecule has 2 aromatic rings. The molecule has 0 aliphatic rings. The summed E-state index contributed by atoms with van der Waals surface area (Å²) in [4.78, 5) is 12.4. The first-order valence-electron chi connectivity index (χ1n) is 7.66. The number of nitriles is 1. The van der Waals surface area contributed by atoms with Gasteiger partial charge in [0.1, 0.15) is 23.2 Å². The number of anilines is 1. The second-order valence-corrected chi connectivity index (χ2v) is 5.28. The van der Waals surface area contributed by atoms with Crippen molar-refractivity contribution in [3.05, 3.63) is 48.0 Å². The summed E-state index contributed by atoms with van der Waals surface area (Å²) in [6.45, 7) is 0. The third kappa shape index (κ3) is 4.64. The van der Waals surface area contributed by atoms with Crippen LogP contribution in [0.1, 0.15) is 5.56 Å². The molecule has 0 spiro atoms. The van der Waals surface area contributed by atoms with Crippen LogP contribution in [0, 0.1) is 17.2 Å². The van der Waals surface area contributed by atoms with Gasteiger partial charge in [0.15, 0.2) is 0 Å². The molecular weight excluding hydrogens is 320 g/mol. The van der Waals surface area contributed by atoms with E-state index < -0.39 is 5.92 Å². The van der Waals surface area contributed by atoms with Crippen molar-refractivity contribution in [3.8, 4) is 23.3 Å². The molecule has 0 bridgehead atoms. The first-order chi connectivity index (χ1) is 12.1. The van der Waals surface area contributed by atoms with Crippen LogP contribution in [0.4, 0.5) is 5.69 Å². The van der Waals surface area contributed by atoms with Crippen LogP contribution in [-0.4, -0.2) is 27.2 Å². The summed E-state index contributed by atoms with van der Waals surface area (Å²) in [6, 6.07) is 14.3. The Labute approximate surface area is 146 Å². The molecular formula is C19H20N2O4. The van der Waals surface area contributed by atoms with Gasteiger partial charge in [0.05, 0.1) is 27.4 Å². The fraction of sp³-hybridized carbons (Fsp3) is 0.263. The van der Waals surface area contributed by atoms with Gasteiger partial charge >= 0.3 is 0 Å². The predicted molar refractivity (Wildman–Crippen MR) is 94.0 cm³/mol. The Balaban J connectivity index is 2.13. The van der Waals surface area contributed by atoms with Gasteiger partial charge < -0.3 is 19.5 Å². The summed E-state index contributed by atoms with van der Waals surface area (Å²) in [7, 11) is 4.68. The fourth-order valence-electron chi connectivity index (χ4n) is 2.36. The summed E-state index contributed by atoms with van der Waals surface area (Å²) in [6.07, 6.45) is 0.221. The van der Waals surface area contributed by atoms with Crippen molar-refractivity contribution >= 4 is 11.6 Å². The standard InChI is InChI=1S/C19H20N2O4/c1-23-16-6-4-15(5-7-16)21-19(22)14(12-20)10-13-11-17(24-2)8-9-18(13)25-3/h4-9,11,14H,10H2,1-3H3,(H,21,22)/t14-/m0/s1. The Morgan fingerprint density at radius 3 is 2.24 bits per heavy atom. The number of methoxy groups -OCH3 is 3. The van der Waals surface area contributed by atoms with E-state index in [1.54, 1.807) is 63.8 Å². The molecule has 0 radical (unpaired) electrons. The van der Waals surface area contributed by atoms with Gasteiger partial charge in [-0.1, -0.05) is 0 Å².